The molecule has 0 fully saturated rings. The lowest BCUT2D eigenvalue weighted by Crippen LogP contribution is -2.28. The summed E-state index contributed by atoms with van der Waals surface area (Å²) in [5.74, 6) is 5.88. The molecule has 33 heavy (non-hydrogen) atoms. The first-order chi connectivity index (χ1) is 16.1. The van der Waals surface area contributed by atoms with E-state index in [1.165, 1.54) is 4.52 Å². The number of aromatic nitrogens is 5. The topological polar surface area (TPSA) is 103 Å². The third kappa shape index (κ3) is 3.46. The van der Waals surface area contributed by atoms with Crippen molar-refractivity contribution >= 4 is 23.0 Å². The normalized spacial score (nSPS) is 11.8. The lowest BCUT2D eigenvalue weighted by Gasteiger charge is -2.14. The van der Waals surface area contributed by atoms with Gasteiger partial charge >= 0.3 is 0 Å². The van der Waals surface area contributed by atoms with Crippen LogP contribution in [0, 0.1) is 11.8 Å². The molecule has 1 unspecified atom stereocenters. The fourth-order valence-electron chi connectivity index (χ4n) is 3.97. The maximum atomic E-state index is 13.2. The Labute approximate surface area is 190 Å². The van der Waals surface area contributed by atoms with E-state index in [9.17, 15) is 4.79 Å². The van der Waals surface area contributed by atoms with Crippen LogP contribution in [-0.4, -0.2) is 29.9 Å². The molecule has 4 heterocycles. The molecule has 5 rings (SSSR count). The van der Waals surface area contributed by atoms with Gasteiger partial charge in [-0.2, -0.15) is 0 Å². The molecule has 162 valence electrons. The molecular formula is C25H21N7O. The zero-order chi connectivity index (χ0) is 22.9. The number of carbonyl (C=O) groups is 1. The number of nitrogens with zero attached hydrogens (tertiary/aromatic N) is 5. The van der Waals surface area contributed by atoms with Crippen LogP contribution in [0.25, 0.3) is 22.6 Å². The molecule has 8 nitrogen and oxygen atoms in total. The third-order valence-corrected chi connectivity index (χ3v) is 5.38. The van der Waals surface area contributed by atoms with Crippen molar-refractivity contribution in [1.29, 1.82) is 0 Å². The Morgan fingerprint density at radius 3 is 2.73 bits per heavy atom. The van der Waals surface area contributed by atoms with E-state index in [4.69, 9.17) is 10.7 Å². The number of hydrogen-bond acceptors (Lipinski definition) is 5. The van der Waals surface area contributed by atoms with Crippen molar-refractivity contribution in [2.45, 2.75) is 19.9 Å². The van der Waals surface area contributed by atoms with Crippen molar-refractivity contribution in [1.82, 2.24) is 29.3 Å². The Balaban J connectivity index is 1.62. The molecule has 0 saturated heterocycles. The van der Waals surface area contributed by atoms with Gasteiger partial charge in [-0.3, -0.25) is 9.20 Å². The quantitative estimate of drug-likeness (QED) is 0.421. The molecule has 0 aliphatic heterocycles. The minimum Gasteiger partial charge on any atom is -0.381 e. The Kier molecular flexibility index (Phi) is 4.99. The van der Waals surface area contributed by atoms with E-state index in [1.54, 1.807) is 25.4 Å². The molecule has 1 atom stereocenters. The van der Waals surface area contributed by atoms with Crippen molar-refractivity contribution in [2.75, 3.05) is 5.73 Å². The van der Waals surface area contributed by atoms with Gasteiger partial charge in [0.15, 0.2) is 11.5 Å². The summed E-state index contributed by atoms with van der Waals surface area (Å²) in [5.41, 5.74) is 10.8. The number of amides is 1. The monoisotopic (exact) mass is 435 g/mol. The SMILES string of the molecule is CC#Cc1cccc2nc(C(C)NC(=O)c3c(N)nn4cccnc34)c(-c3ccccc3)n12. The summed E-state index contributed by atoms with van der Waals surface area (Å²) in [6.07, 6.45) is 3.30. The summed E-state index contributed by atoms with van der Waals surface area (Å²) < 4.78 is 3.51. The number of hydrogen-bond donors (Lipinski definition) is 2. The third-order valence-electron chi connectivity index (χ3n) is 5.38. The number of anilines is 1. The number of nitrogen functional groups attached to an aromatic ring is 1. The minimum absolute atomic E-state index is 0.122. The van der Waals surface area contributed by atoms with E-state index >= 15 is 0 Å². The van der Waals surface area contributed by atoms with Gasteiger partial charge in [0, 0.05) is 18.0 Å². The number of pyridine rings is 1. The predicted molar refractivity (Wildman–Crippen MR) is 126 cm³/mol. The molecule has 0 aliphatic rings. The van der Waals surface area contributed by atoms with Gasteiger partial charge in [0.05, 0.1) is 23.1 Å². The average Bonchev–Trinajstić information content (AvgIpc) is 3.38. The largest absolute Gasteiger partial charge is 0.381 e. The summed E-state index contributed by atoms with van der Waals surface area (Å²) in [5, 5.41) is 7.21. The van der Waals surface area contributed by atoms with Gasteiger partial charge in [0.2, 0.25) is 0 Å². The van der Waals surface area contributed by atoms with Crippen LogP contribution in [0.4, 0.5) is 5.82 Å². The Hall–Kier alpha value is -4.64. The maximum absolute atomic E-state index is 13.2. The first-order valence-electron chi connectivity index (χ1n) is 10.5. The smallest absolute Gasteiger partial charge is 0.259 e. The number of imidazole rings is 1. The number of nitrogens with two attached hydrogens (primary N) is 1. The van der Waals surface area contributed by atoms with Gasteiger partial charge in [-0.15, -0.1) is 5.10 Å². The summed E-state index contributed by atoms with van der Waals surface area (Å²) >= 11 is 0. The first kappa shape index (κ1) is 20.3. The zero-order valence-electron chi connectivity index (χ0n) is 18.1. The van der Waals surface area contributed by atoms with Crippen molar-refractivity contribution in [3.05, 3.63) is 83.9 Å². The van der Waals surface area contributed by atoms with Crippen LogP contribution in [0.1, 0.15) is 41.6 Å². The lowest BCUT2D eigenvalue weighted by molar-refractivity contribution is 0.0941. The Bertz CT molecular complexity index is 1550. The molecule has 0 radical (unpaired) electrons. The highest BCUT2D eigenvalue weighted by Gasteiger charge is 2.25. The number of carbonyl (C=O) groups excluding carboxylic acids is 1. The molecule has 8 heteroatoms. The summed E-state index contributed by atoms with van der Waals surface area (Å²) in [4.78, 5) is 22.3. The second-order valence-electron chi connectivity index (χ2n) is 7.53. The van der Waals surface area contributed by atoms with Gasteiger partial charge in [-0.25, -0.2) is 14.5 Å². The number of nitrogens with one attached hydrogen (secondary N) is 1. The fourth-order valence-corrected chi connectivity index (χ4v) is 3.97. The van der Waals surface area contributed by atoms with Crippen LogP contribution >= 0.6 is 0 Å². The molecule has 3 N–H and O–H groups in total. The van der Waals surface area contributed by atoms with Gasteiger partial charge in [-0.05, 0) is 38.0 Å². The molecule has 4 aromatic heterocycles. The molecule has 0 saturated carbocycles. The molecule has 0 bridgehead atoms. The second-order valence-corrected chi connectivity index (χ2v) is 7.53. The predicted octanol–water partition coefficient (Wildman–Crippen LogP) is 3.49. The van der Waals surface area contributed by atoms with Crippen molar-refractivity contribution in [2.24, 2.45) is 0 Å². The van der Waals surface area contributed by atoms with Crippen LogP contribution in [0.5, 0.6) is 0 Å². The summed E-state index contributed by atoms with van der Waals surface area (Å²) in [7, 11) is 0. The minimum atomic E-state index is -0.423. The molecular weight excluding hydrogens is 414 g/mol. The van der Waals surface area contributed by atoms with Crippen LogP contribution in [0.3, 0.4) is 0 Å². The van der Waals surface area contributed by atoms with Gasteiger partial charge in [-0.1, -0.05) is 42.3 Å². The second kappa shape index (κ2) is 8.13. The van der Waals surface area contributed by atoms with E-state index in [0.717, 1.165) is 28.3 Å². The maximum Gasteiger partial charge on any atom is 0.259 e. The van der Waals surface area contributed by atoms with Crippen LogP contribution in [0.15, 0.2) is 67.0 Å². The molecule has 5 aromatic rings. The number of benzene rings is 1. The van der Waals surface area contributed by atoms with Crippen molar-refractivity contribution in [3.8, 4) is 23.1 Å². The van der Waals surface area contributed by atoms with Gasteiger partial charge in [0.25, 0.3) is 5.91 Å². The van der Waals surface area contributed by atoms with E-state index in [2.05, 4.69) is 27.2 Å². The summed E-state index contributed by atoms with van der Waals surface area (Å²) in [6.45, 7) is 3.70. The zero-order valence-corrected chi connectivity index (χ0v) is 18.1. The highest BCUT2D eigenvalue weighted by atomic mass is 16.1. The van der Waals surface area contributed by atoms with Crippen molar-refractivity contribution in [3.63, 3.8) is 0 Å². The average molecular weight is 435 g/mol. The first-order valence-corrected chi connectivity index (χ1v) is 10.5. The van der Waals surface area contributed by atoms with E-state index in [0.29, 0.717) is 5.65 Å². The van der Waals surface area contributed by atoms with Crippen LogP contribution in [-0.2, 0) is 0 Å². The van der Waals surface area contributed by atoms with Gasteiger partial charge < -0.3 is 11.1 Å². The lowest BCUT2D eigenvalue weighted by atomic mass is 10.1. The Morgan fingerprint density at radius 1 is 1.12 bits per heavy atom. The number of rotatable bonds is 4. The standard InChI is InChI=1S/C25H21N7O/c1-3-9-18-12-7-13-19-29-21(22(32(18)19)17-10-5-4-6-11-17)16(2)28-25(33)20-23(26)30-31-15-8-14-27-24(20)31/h4-8,10-16H,1-2H3,(H2,26,30)(H,28,33). The van der Waals surface area contributed by atoms with Crippen molar-refractivity contribution < 1.29 is 4.79 Å². The molecule has 1 aromatic carbocycles. The molecule has 0 spiro atoms. The highest BCUT2D eigenvalue weighted by Crippen LogP contribution is 2.31. The Morgan fingerprint density at radius 2 is 1.94 bits per heavy atom. The summed E-state index contributed by atoms with van der Waals surface area (Å²) in [6, 6.07) is 17.1. The van der Waals surface area contributed by atoms with Crippen LogP contribution < -0.4 is 11.1 Å². The van der Waals surface area contributed by atoms with Crippen LogP contribution in [0.2, 0.25) is 0 Å². The van der Waals surface area contributed by atoms with E-state index in [-0.39, 0.29) is 17.3 Å². The molecule has 1 amide bonds. The van der Waals surface area contributed by atoms with Gasteiger partial charge in [0.1, 0.15) is 11.2 Å². The fraction of sp³-hybridized carbons (Fsp3) is 0.120. The molecule has 0 aliphatic carbocycles. The number of fused-ring (bicyclic) bond motifs is 2. The highest BCUT2D eigenvalue weighted by molar-refractivity contribution is 6.04. The van der Waals surface area contributed by atoms with E-state index in [1.807, 2.05) is 59.9 Å². The van der Waals surface area contributed by atoms with E-state index < -0.39 is 6.04 Å².